The van der Waals surface area contributed by atoms with E-state index in [2.05, 4.69) is 9.88 Å². The number of rotatable bonds is 5. The number of benzene rings is 1. The van der Waals surface area contributed by atoms with Gasteiger partial charge in [-0.05, 0) is 30.2 Å². The van der Waals surface area contributed by atoms with Crippen molar-refractivity contribution < 1.29 is 14.6 Å². The van der Waals surface area contributed by atoms with Crippen molar-refractivity contribution in [2.75, 3.05) is 13.1 Å². The maximum absolute atomic E-state index is 10.8. The Bertz CT molecular complexity index is 628. The molecule has 0 spiro atoms. The Labute approximate surface area is 129 Å². The monoisotopic (exact) mass is 298 g/mol. The Morgan fingerprint density at radius 1 is 1.27 bits per heavy atom. The zero-order valence-electron chi connectivity index (χ0n) is 12.2. The molecule has 1 aromatic heterocycles. The van der Waals surface area contributed by atoms with Crippen molar-refractivity contribution in [1.82, 2.24) is 9.88 Å². The minimum atomic E-state index is -0.892. The van der Waals surface area contributed by atoms with Gasteiger partial charge in [0.2, 0.25) is 5.88 Å². The fraction of sp³-hybridized carbons (Fsp3) is 0.294. The lowest BCUT2D eigenvalue weighted by molar-refractivity contribution is 0.0697. The highest BCUT2D eigenvalue weighted by atomic mass is 16.5. The van der Waals surface area contributed by atoms with Crippen molar-refractivity contribution in [1.29, 1.82) is 0 Å². The molecule has 1 N–H and O–H groups in total. The lowest BCUT2D eigenvalue weighted by Crippen LogP contribution is -2.24. The molecule has 1 atom stereocenters. The van der Waals surface area contributed by atoms with Crippen LogP contribution in [0.1, 0.15) is 22.3 Å². The van der Waals surface area contributed by atoms with E-state index in [9.17, 15) is 4.79 Å². The van der Waals surface area contributed by atoms with Gasteiger partial charge in [0.15, 0.2) is 0 Å². The van der Waals surface area contributed by atoms with Crippen molar-refractivity contribution in [3.63, 3.8) is 0 Å². The lowest BCUT2D eigenvalue weighted by atomic mass is 10.1. The van der Waals surface area contributed by atoms with Gasteiger partial charge in [-0.3, -0.25) is 4.90 Å². The van der Waals surface area contributed by atoms with Gasteiger partial charge in [0.1, 0.15) is 6.10 Å². The molecule has 0 aliphatic carbocycles. The fourth-order valence-corrected chi connectivity index (χ4v) is 2.64. The summed E-state index contributed by atoms with van der Waals surface area (Å²) >= 11 is 0. The molecule has 3 rings (SSSR count). The Balaban J connectivity index is 1.53. The van der Waals surface area contributed by atoms with Crippen LogP contribution < -0.4 is 4.74 Å². The Kier molecular flexibility index (Phi) is 4.34. The van der Waals surface area contributed by atoms with E-state index in [1.165, 1.54) is 0 Å². The largest absolute Gasteiger partial charge is 0.478 e. The molecule has 1 saturated heterocycles. The number of nitrogens with zero attached hydrogens (tertiary/aromatic N) is 2. The quantitative estimate of drug-likeness (QED) is 0.918. The molecule has 0 saturated carbocycles. The van der Waals surface area contributed by atoms with Crippen molar-refractivity contribution in [2.24, 2.45) is 0 Å². The van der Waals surface area contributed by atoms with Gasteiger partial charge in [-0.1, -0.05) is 18.2 Å². The Hall–Kier alpha value is -2.40. The number of aromatic carboxylic acids is 1. The zero-order chi connectivity index (χ0) is 15.4. The van der Waals surface area contributed by atoms with Crippen LogP contribution in [0.15, 0.2) is 48.7 Å². The first-order valence-electron chi connectivity index (χ1n) is 7.33. The maximum atomic E-state index is 10.8. The Morgan fingerprint density at radius 3 is 2.77 bits per heavy atom. The molecular weight excluding hydrogens is 280 g/mol. The van der Waals surface area contributed by atoms with E-state index in [0.29, 0.717) is 11.4 Å². The van der Waals surface area contributed by atoms with Gasteiger partial charge >= 0.3 is 5.97 Å². The van der Waals surface area contributed by atoms with Crippen molar-refractivity contribution >= 4 is 5.97 Å². The Morgan fingerprint density at radius 2 is 2.09 bits per heavy atom. The number of pyridine rings is 1. The predicted molar refractivity (Wildman–Crippen MR) is 81.9 cm³/mol. The molecule has 0 radical (unpaired) electrons. The number of aromatic nitrogens is 1. The summed E-state index contributed by atoms with van der Waals surface area (Å²) in [6, 6.07) is 12.7. The molecule has 22 heavy (non-hydrogen) atoms. The number of carboxylic acids is 1. The van der Waals surface area contributed by atoms with Crippen molar-refractivity contribution in [3.05, 3.63) is 59.8 Å². The summed E-state index contributed by atoms with van der Waals surface area (Å²) in [5.41, 5.74) is 1.44. The van der Waals surface area contributed by atoms with E-state index in [1.54, 1.807) is 18.3 Å². The second-order valence-electron chi connectivity index (χ2n) is 5.43. The normalized spacial score (nSPS) is 18.3. The summed E-state index contributed by atoms with van der Waals surface area (Å²) in [5, 5.41) is 8.90. The number of likely N-dealkylation sites (tertiary alicyclic amines) is 1. The van der Waals surface area contributed by atoms with Crippen LogP contribution in [-0.4, -0.2) is 40.2 Å². The first-order valence-corrected chi connectivity index (χ1v) is 7.33. The van der Waals surface area contributed by atoms with Gasteiger partial charge in [0.05, 0.1) is 5.56 Å². The van der Waals surface area contributed by atoms with Gasteiger partial charge in [0, 0.05) is 31.9 Å². The van der Waals surface area contributed by atoms with Crippen LogP contribution in [0, 0.1) is 0 Å². The molecular formula is C17H18N2O3. The van der Waals surface area contributed by atoms with E-state index in [0.717, 1.165) is 31.6 Å². The molecule has 5 nitrogen and oxygen atoms in total. The van der Waals surface area contributed by atoms with Crippen LogP contribution in [0.5, 0.6) is 5.88 Å². The maximum Gasteiger partial charge on any atom is 0.335 e. The van der Waals surface area contributed by atoms with E-state index < -0.39 is 5.97 Å². The second kappa shape index (κ2) is 6.58. The van der Waals surface area contributed by atoms with Crippen molar-refractivity contribution in [2.45, 2.75) is 19.1 Å². The molecule has 114 valence electrons. The summed E-state index contributed by atoms with van der Waals surface area (Å²) in [5.74, 6) is -0.225. The molecule has 1 fully saturated rings. The predicted octanol–water partition coefficient (Wildman–Crippen LogP) is 2.43. The van der Waals surface area contributed by atoms with Crippen LogP contribution in [0.25, 0.3) is 0 Å². The molecule has 1 aliphatic heterocycles. The van der Waals surface area contributed by atoms with E-state index in [-0.39, 0.29) is 6.10 Å². The number of ether oxygens (including phenoxy) is 1. The van der Waals surface area contributed by atoms with Crippen LogP contribution in [0.3, 0.4) is 0 Å². The van der Waals surface area contributed by atoms with E-state index in [4.69, 9.17) is 9.84 Å². The van der Waals surface area contributed by atoms with Crippen LogP contribution >= 0.6 is 0 Å². The van der Waals surface area contributed by atoms with E-state index >= 15 is 0 Å². The molecule has 5 heteroatoms. The molecule has 1 aromatic carbocycles. The van der Waals surface area contributed by atoms with Gasteiger partial charge in [0.25, 0.3) is 0 Å². The van der Waals surface area contributed by atoms with Gasteiger partial charge in [-0.25, -0.2) is 9.78 Å². The number of hydrogen-bond donors (Lipinski definition) is 1. The van der Waals surface area contributed by atoms with Crippen LogP contribution in [0.2, 0.25) is 0 Å². The highest BCUT2D eigenvalue weighted by Crippen LogP contribution is 2.18. The summed E-state index contributed by atoms with van der Waals surface area (Å²) in [4.78, 5) is 17.3. The third kappa shape index (κ3) is 3.62. The number of carboxylic acid groups (broad SMARTS) is 1. The average molecular weight is 298 g/mol. The highest BCUT2D eigenvalue weighted by Gasteiger charge is 2.24. The van der Waals surface area contributed by atoms with Crippen LogP contribution in [-0.2, 0) is 6.54 Å². The summed E-state index contributed by atoms with van der Waals surface area (Å²) in [6.07, 6.45) is 2.86. The molecule has 1 unspecified atom stereocenters. The first-order chi connectivity index (χ1) is 10.7. The van der Waals surface area contributed by atoms with Gasteiger partial charge < -0.3 is 9.84 Å². The number of carbonyl (C=O) groups is 1. The molecule has 0 bridgehead atoms. The third-order valence-electron chi connectivity index (χ3n) is 3.76. The minimum Gasteiger partial charge on any atom is -0.478 e. The van der Waals surface area contributed by atoms with Crippen molar-refractivity contribution in [3.8, 4) is 5.88 Å². The number of hydrogen-bond acceptors (Lipinski definition) is 4. The second-order valence-corrected chi connectivity index (χ2v) is 5.43. The lowest BCUT2D eigenvalue weighted by Gasteiger charge is -2.16. The molecule has 2 heterocycles. The summed E-state index contributed by atoms with van der Waals surface area (Å²) < 4.78 is 5.86. The molecule has 2 aromatic rings. The topological polar surface area (TPSA) is 62.7 Å². The SMILES string of the molecule is O=C(O)c1ccc(CN2CCC(Oc3ccccn3)C2)cc1. The van der Waals surface area contributed by atoms with Gasteiger partial charge in [-0.15, -0.1) is 0 Å². The summed E-state index contributed by atoms with van der Waals surface area (Å²) in [7, 11) is 0. The molecule has 0 amide bonds. The standard InChI is InChI=1S/C17H18N2O3/c20-17(21)14-6-4-13(5-7-14)11-19-10-8-15(12-19)22-16-3-1-2-9-18-16/h1-7,9,15H,8,10-12H2,(H,20,21). The fourth-order valence-electron chi connectivity index (χ4n) is 2.64. The van der Waals surface area contributed by atoms with E-state index in [1.807, 2.05) is 30.3 Å². The van der Waals surface area contributed by atoms with Crippen LogP contribution in [0.4, 0.5) is 0 Å². The first kappa shape index (κ1) is 14.5. The third-order valence-corrected chi connectivity index (χ3v) is 3.76. The van der Waals surface area contributed by atoms with Gasteiger partial charge in [-0.2, -0.15) is 0 Å². The highest BCUT2D eigenvalue weighted by molar-refractivity contribution is 5.87. The molecule has 1 aliphatic rings. The average Bonchev–Trinajstić information content (AvgIpc) is 2.96. The smallest absolute Gasteiger partial charge is 0.335 e. The zero-order valence-corrected chi connectivity index (χ0v) is 12.2. The minimum absolute atomic E-state index is 0.160. The summed E-state index contributed by atoms with van der Waals surface area (Å²) in [6.45, 7) is 2.64.